The maximum atomic E-state index is 3.54. The van der Waals surface area contributed by atoms with Crippen molar-refractivity contribution in [2.24, 2.45) is 0 Å². The highest BCUT2D eigenvalue weighted by molar-refractivity contribution is 5.85. The predicted molar refractivity (Wildman–Crippen MR) is 77.3 cm³/mol. The van der Waals surface area contributed by atoms with Crippen LogP contribution in [0.15, 0.2) is 24.3 Å². The van der Waals surface area contributed by atoms with Crippen molar-refractivity contribution >= 4 is 23.3 Å². The molecule has 94 valence electrons. The highest BCUT2D eigenvalue weighted by Crippen LogP contribution is 2.27. The predicted octanol–water partition coefficient (Wildman–Crippen LogP) is 3.48. The molecule has 2 aromatic rings. The molecular weight excluding hydrogens is 232 g/mol. The topological polar surface area (TPSA) is 27.8 Å². The molecule has 0 aliphatic heterocycles. The molecule has 0 aliphatic carbocycles. The summed E-state index contributed by atoms with van der Waals surface area (Å²) in [7, 11) is 2.00. The van der Waals surface area contributed by atoms with Gasteiger partial charge in [0, 0.05) is 16.6 Å². The number of H-pyrrole nitrogens is 1. The van der Waals surface area contributed by atoms with Gasteiger partial charge in [-0.15, -0.1) is 12.4 Å². The van der Waals surface area contributed by atoms with Crippen molar-refractivity contribution in [2.75, 3.05) is 13.6 Å². The van der Waals surface area contributed by atoms with E-state index in [-0.39, 0.29) is 12.4 Å². The Morgan fingerprint density at radius 1 is 1.24 bits per heavy atom. The van der Waals surface area contributed by atoms with Crippen LogP contribution in [0.1, 0.15) is 31.0 Å². The lowest BCUT2D eigenvalue weighted by molar-refractivity contribution is 0.764. The fraction of sp³-hybridized carbons (Fsp3) is 0.429. The van der Waals surface area contributed by atoms with Crippen LogP contribution < -0.4 is 5.32 Å². The third kappa shape index (κ3) is 2.82. The molecule has 1 aromatic heterocycles. The second-order valence-corrected chi connectivity index (χ2v) is 4.57. The first-order valence-electron chi connectivity index (χ1n) is 5.98. The van der Waals surface area contributed by atoms with Crippen molar-refractivity contribution < 1.29 is 0 Å². The first-order chi connectivity index (χ1) is 7.74. The standard InChI is InChI=1S/C14H20N2.ClH/c1-10(2)14-12(8-9-15-3)11-6-4-5-7-13(11)16-14;/h4-7,10,15-16H,8-9H2,1-3H3;1H. The van der Waals surface area contributed by atoms with Gasteiger partial charge in [-0.2, -0.15) is 0 Å². The highest BCUT2D eigenvalue weighted by atomic mass is 35.5. The van der Waals surface area contributed by atoms with Crippen molar-refractivity contribution in [1.29, 1.82) is 0 Å². The van der Waals surface area contributed by atoms with Crippen LogP contribution in [-0.4, -0.2) is 18.6 Å². The molecule has 0 spiro atoms. The van der Waals surface area contributed by atoms with Crippen LogP contribution in [0.5, 0.6) is 0 Å². The average molecular weight is 253 g/mol. The van der Waals surface area contributed by atoms with E-state index in [0.717, 1.165) is 13.0 Å². The fourth-order valence-corrected chi connectivity index (χ4v) is 2.23. The molecule has 2 nitrogen and oxygen atoms in total. The van der Waals surface area contributed by atoms with E-state index in [9.17, 15) is 0 Å². The van der Waals surface area contributed by atoms with E-state index in [1.807, 2.05) is 7.05 Å². The van der Waals surface area contributed by atoms with Gasteiger partial charge in [0.05, 0.1) is 0 Å². The Labute approximate surface area is 109 Å². The van der Waals surface area contributed by atoms with Crippen LogP contribution in [0, 0.1) is 0 Å². The minimum Gasteiger partial charge on any atom is -0.358 e. The lowest BCUT2D eigenvalue weighted by atomic mass is 10.0. The number of benzene rings is 1. The molecular formula is C14H21ClN2. The molecule has 2 N–H and O–H groups in total. The summed E-state index contributed by atoms with van der Waals surface area (Å²) in [5.74, 6) is 0.555. The van der Waals surface area contributed by atoms with Gasteiger partial charge in [-0.1, -0.05) is 32.0 Å². The number of fused-ring (bicyclic) bond motifs is 1. The van der Waals surface area contributed by atoms with Crippen LogP contribution in [0.2, 0.25) is 0 Å². The zero-order valence-corrected chi connectivity index (χ0v) is 11.5. The summed E-state index contributed by atoms with van der Waals surface area (Å²) in [6.45, 7) is 5.52. The average Bonchev–Trinajstić information content (AvgIpc) is 2.65. The summed E-state index contributed by atoms with van der Waals surface area (Å²) < 4.78 is 0. The van der Waals surface area contributed by atoms with Crippen LogP contribution >= 0.6 is 12.4 Å². The lowest BCUT2D eigenvalue weighted by Crippen LogP contribution is -2.11. The minimum atomic E-state index is 0. The van der Waals surface area contributed by atoms with E-state index in [1.165, 1.54) is 22.2 Å². The van der Waals surface area contributed by atoms with Crippen molar-refractivity contribution in [1.82, 2.24) is 10.3 Å². The molecule has 0 atom stereocenters. The minimum absolute atomic E-state index is 0. The Morgan fingerprint density at radius 3 is 2.59 bits per heavy atom. The van der Waals surface area contributed by atoms with E-state index in [2.05, 4.69) is 48.4 Å². The first kappa shape index (κ1) is 14.1. The number of rotatable bonds is 4. The van der Waals surface area contributed by atoms with Gasteiger partial charge < -0.3 is 10.3 Å². The normalized spacial score (nSPS) is 10.8. The number of aromatic nitrogens is 1. The van der Waals surface area contributed by atoms with Crippen LogP contribution in [0.4, 0.5) is 0 Å². The number of aromatic amines is 1. The Balaban J connectivity index is 0.00000144. The van der Waals surface area contributed by atoms with Gasteiger partial charge in [0.1, 0.15) is 0 Å². The molecule has 0 aliphatic rings. The summed E-state index contributed by atoms with van der Waals surface area (Å²) >= 11 is 0. The van der Waals surface area contributed by atoms with Gasteiger partial charge in [-0.3, -0.25) is 0 Å². The molecule has 1 heterocycles. The quantitative estimate of drug-likeness (QED) is 0.857. The zero-order valence-electron chi connectivity index (χ0n) is 10.7. The molecule has 3 heteroatoms. The molecule has 1 aromatic carbocycles. The van der Waals surface area contributed by atoms with E-state index in [1.54, 1.807) is 0 Å². The summed E-state index contributed by atoms with van der Waals surface area (Å²) in [5, 5.41) is 4.60. The second-order valence-electron chi connectivity index (χ2n) is 4.57. The van der Waals surface area contributed by atoms with Gasteiger partial charge in [0.15, 0.2) is 0 Å². The van der Waals surface area contributed by atoms with E-state index < -0.39 is 0 Å². The maximum Gasteiger partial charge on any atom is 0.0459 e. The number of halogens is 1. The molecule has 0 unspecified atom stereocenters. The SMILES string of the molecule is CNCCc1c(C(C)C)[nH]c2ccccc12.Cl. The summed E-state index contributed by atoms with van der Waals surface area (Å²) in [4.78, 5) is 3.54. The summed E-state index contributed by atoms with van der Waals surface area (Å²) in [6.07, 6.45) is 1.09. The van der Waals surface area contributed by atoms with Gasteiger partial charge >= 0.3 is 0 Å². The monoisotopic (exact) mass is 252 g/mol. The number of hydrogen-bond acceptors (Lipinski definition) is 1. The molecule has 17 heavy (non-hydrogen) atoms. The van der Waals surface area contributed by atoms with Crippen LogP contribution in [0.3, 0.4) is 0 Å². The second kappa shape index (κ2) is 6.08. The number of para-hydroxylation sites is 1. The molecule has 0 fully saturated rings. The molecule has 0 saturated carbocycles. The Hall–Kier alpha value is -0.990. The van der Waals surface area contributed by atoms with Gasteiger partial charge in [-0.25, -0.2) is 0 Å². The number of nitrogens with one attached hydrogen (secondary N) is 2. The van der Waals surface area contributed by atoms with Crippen molar-refractivity contribution in [3.05, 3.63) is 35.5 Å². The lowest BCUT2D eigenvalue weighted by Gasteiger charge is -2.07. The smallest absolute Gasteiger partial charge is 0.0459 e. The zero-order chi connectivity index (χ0) is 11.5. The van der Waals surface area contributed by atoms with E-state index in [4.69, 9.17) is 0 Å². The van der Waals surface area contributed by atoms with Crippen molar-refractivity contribution in [3.63, 3.8) is 0 Å². The van der Waals surface area contributed by atoms with Crippen LogP contribution in [0.25, 0.3) is 10.9 Å². The Kier molecular flexibility index (Phi) is 5.03. The van der Waals surface area contributed by atoms with Crippen LogP contribution in [-0.2, 0) is 6.42 Å². The largest absolute Gasteiger partial charge is 0.358 e. The molecule has 0 saturated heterocycles. The maximum absolute atomic E-state index is 3.54. The third-order valence-corrected chi connectivity index (χ3v) is 3.05. The Bertz CT molecular complexity index is 474. The first-order valence-corrected chi connectivity index (χ1v) is 5.98. The molecule has 0 bridgehead atoms. The van der Waals surface area contributed by atoms with Crippen molar-refractivity contribution in [2.45, 2.75) is 26.2 Å². The number of likely N-dealkylation sites (N-methyl/N-ethyl adjacent to an activating group) is 1. The van der Waals surface area contributed by atoms with Crippen molar-refractivity contribution in [3.8, 4) is 0 Å². The van der Waals surface area contributed by atoms with Gasteiger partial charge in [0.25, 0.3) is 0 Å². The van der Waals surface area contributed by atoms with E-state index in [0.29, 0.717) is 5.92 Å². The third-order valence-electron chi connectivity index (χ3n) is 3.05. The number of hydrogen-bond donors (Lipinski definition) is 2. The fourth-order valence-electron chi connectivity index (χ4n) is 2.23. The molecule has 0 radical (unpaired) electrons. The molecule has 2 rings (SSSR count). The van der Waals surface area contributed by atoms with Gasteiger partial charge in [-0.05, 0) is 37.6 Å². The van der Waals surface area contributed by atoms with Gasteiger partial charge in [0.2, 0.25) is 0 Å². The van der Waals surface area contributed by atoms with E-state index >= 15 is 0 Å². The Morgan fingerprint density at radius 2 is 1.94 bits per heavy atom. The summed E-state index contributed by atoms with van der Waals surface area (Å²) in [5.41, 5.74) is 4.12. The molecule has 0 amide bonds. The highest BCUT2D eigenvalue weighted by Gasteiger charge is 2.12. The summed E-state index contributed by atoms with van der Waals surface area (Å²) in [6, 6.07) is 8.57.